The van der Waals surface area contributed by atoms with Crippen molar-refractivity contribution in [2.24, 2.45) is 5.92 Å². The number of nitrogens with zero attached hydrogens (tertiary/aromatic N) is 3. The van der Waals surface area contributed by atoms with E-state index >= 15 is 0 Å². The van der Waals surface area contributed by atoms with Crippen LogP contribution in [-0.2, 0) is 10.0 Å². The van der Waals surface area contributed by atoms with E-state index in [0.29, 0.717) is 17.4 Å². The van der Waals surface area contributed by atoms with Gasteiger partial charge in [0.2, 0.25) is 10.0 Å². The van der Waals surface area contributed by atoms with Crippen molar-refractivity contribution in [2.75, 3.05) is 24.5 Å². The maximum absolute atomic E-state index is 13.1. The second-order valence-electron chi connectivity index (χ2n) is 7.80. The van der Waals surface area contributed by atoms with Crippen molar-refractivity contribution in [1.82, 2.24) is 14.7 Å². The second kappa shape index (κ2) is 8.17. The Bertz CT molecular complexity index is 921. The summed E-state index contributed by atoms with van der Waals surface area (Å²) >= 11 is 0. The lowest BCUT2D eigenvalue weighted by molar-refractivity contribution is 0.400. The molecular formula is C21H30N4O2S. The van der Waals surface area contributed by atoms with Crippen LogP contribution < -0.4 is 9.62 Å². The molecule has 6 nitrogen and oxygen atoms in total. The molecule has 1 aliphatic rings. The van der Waals surface area contributed by atoms with Gasteiger partial charge in [-0.3, -0.25) is 4.98 Å². The number of hydrogen-bond donors (Lipinski definition) is 1. The molecule has 2 heterocycles. The second-order valence-corrected chi connectivity index (χ2v) is 9.50. The van der Waals surface area contributed by atoms with Crippen LogP contribution in [0.2, 0.25) is 0 Å². The monoisotopic (exact) mass is 402 g/mol. The lowest BCUT2D eigenvalue weighted by Gasteiger charge is -2.32. The van der Waals surface area contributed by atoms with Crippen LogP contribution in [0.5, 0.6) is 0 Å². The SMILES string of the molecule is Cc1c(C)c(C)c(S(=O)(=O)NCC2CCN(c3cnccn3)CC2)c(C)c1C. The molecule has 1 N–H and O–H groups in total. The third-order valence-electron chi connectivity index (χ3n) is 6.25. The molecule has 1 saturated heterocycles. The summed E-state index contributed by atoms with van der Waals surface area (Å²) in [6.07, 6.45) is 7.01. The van der Waals surface area contributed by atoms with Crippen molar-refractivity contribution in [3.05, 3.63) is 46.4 Å². The molecule has 1 fully saturated rings. The molecule has 0 unspecified atom stereocenters. The molecule has 2 aromatic rings. The zero-order valence-electron chi connectivity index (χ0n) is 17.4. The fourth-order valence-corrected chi connectivity index (χ4v) is 5.70. The van der Waals surface area contributed by atoms with E-state index in [2.05, 4.69) is 26.5 Å². The summed E-state index contributed by atoms with van der Waals surface area (Å²) in [5, 5.41) is 0. The van der Waals surface area contributed by atoms with E-state index < -0.39 is 10.0 Å². The highest BCUT2D eigenvalue weighted by atomic mass is 32.2. The lowest BCUT2D eigenvalue weighted by atomic mass is 9.95. The van der Waals surface area contributed by atoms with Crippen molar-refractivity contribution in [3.8, 4) is 0 Å². The van der Waals surface area contributed by atoms with Crippen LogP contribution in [0.15, 0.2) is 23.5 Å². The highest BCUT2D eigenvalue weighted by Crippen LogP contribution is 2.29. The predicted molar refractivity (Wildman–Crippen MR) is 112 cm³/mol. The number of rotatable bonds is 5. The molecule has 0 amide bonds. The first-order chi connectivity index (χ1) is 13.2. The van der Waals surface area contributed by atoms with Crippen molar-refractivity contribution < 1.29 is 8.42 Å². The fraction of sp³-hybridized carbons (Fsp3) is 0.524. The van der Waals surface area contributed by atoms with Crippen LogP contribution in [0.25, 0.3) is 0 Å². The smallest absolute Gasteiger partial charge is 0.241 e. The minimum Gasteiger partial charge on any atom is -0.355 e. The first-order valence-electron chi connectivity index (χ1n) is 9.80. The molecule has 7 heteroatoms. The Morgan fingerprint density at radius 2 is 1.54 bits per heavy atom. The van der Waals surface area contributed by atoms with Gasteiger partial charge in [-0.15, -0.1) is 0 Å². The molecule has 0 atom stereocenters. The van der Waals surface area contributed by atoms with Gasteiger partial charge in [-0.1, -0.05) is 0 Å². The van der Waals surface area contributed by atoms with Gasteiger partial charge in [0.1, 0.15) is 5.82 Å². The summed E-state index contributed by atoms with van der Waals surface area (Å²) in [4.78, 5) is 11.1. The van der Waals surface area contributed by atoms with E-state index in [0.717, 1.165) is 54.0 Å². The molecule has 3 rings (SSSR count). The molecule has 0 radical (unpaired) electrons. The van der Waals surface area contributed by atoms with Gasteiger partial charge >= 0.3 is 0 Å². The number of hydrogen-bond acceptors (Lipinski definition) is 5. The van der Waals surface area contributed by atoms with Gasteiger partial charge in [0, 0.05) is 32.0 Å². The van der Waals surface area contributed by atoms with Gasteiger partial charge in [-0.2, -0.15) is 0 Å². The Balaban J connectivity index is 1.67. The molecule has 1 aromatic carbocycles. The number of anilines is 1. The van der Waals surface area contributed by atoms with Gasteiger partial charge in [0.05, 0.1) is 11.1 Å². The molecule has 0 aliphatic carbocycles. The lowest BCUT2D eigenvalue weighted by Crippen LogP contribution is -2.39. The normalized spacial score (nSPS) is 15.8. The summed E-state index contributed by atoms with van der Waals surface area (Å²) in [6, 6.07) is 0. The fourth-order valence-electron chi connectivity index (χ4n) is 3.99. The molecule has 0 bridgehead atoms. The number of piperidine rings is 1. The van der Waals surface area contributed by atoms with Gasteiger partial charge in [0.15, 0.2) is 0 Å². The molecule has 0 saturated carbocycles. The maximum Gasteiger partial charge on any atom is 0.241 e. The third-order valence-corrected chi connectivity index (χ3v) is 7.95. The Kier molecular flexibility index (Phi) is 6.05. The number of nitrogens with one attached hydrogen (secondary N) is 1. The van der Waals surface area contributed by atoms with Crippen molar-refractivity contribution in [1.29, 1.82) is 0 Å². The van der Waals surface area contributed by atoms with Crippen LogP contribution in [0.1, 0.15) is 40.7 Å². The minimum absolute atomic E-state index is 0.330. The summed E-state index contributed by atoms with van der Waals surface area (Å²) in [6.45, 7) is 12.1. The van der Waals surface area contributed by atoms with E-state index in [1.54, 1.807) is 18.6 Å². The predicted octanol–water partition coefficient (Wildman–Crippen LogP) is 3.21. The number of sulfonamides is 1. The van der Waals surface area contributed by atoms with Gasteiger partial charge in [-0.25, -0.2) is 18.1 Å². The standard InChI is InChI=1S/C21H30N4O2S/c1-14-15(2)17(4)21(18(5)16(14)3)28(26,27)24-12-19-6-10-25(11-7-19)20-13-22-8-9-23-20/h8-9,13,19,24H,6-7,10-12H2,1-5H3. The maximum atomic E-state index is 13.1. The van der Waals surface area contributed by atoms with E-state index in [-0.39, 0.29) is 0 Å². The van der Waals surface area contributed by atoms with E-state index in [1.807, 2.05) is 27.7 Å². The average molecular weight is 403 g/mol. The Hall–Kier alpha value is -1.99. The van der Waals surface area contributed by atoms with E-state index in [1.165, 1.54) is 5.56 Å². The van der Waals surface area contributed by atoms with E-state index in [9.17, 15) is 8.42 Å². The summed E-state index contributed by atoms with van der Waals surface area (Å²) in [7, 11) is -3.53. The minimum atomic E-state index is -3.53. The Labute approximate surface area is 168 Å². The molecule has 0 spiro atoms. The highest BCUT2D eigenvalue weighted by molar-refractivity contribution is 7.89. The summed E-state index contributed by atoms with van der Waals surface area (Å²) in [5.74, 6) is 1.22. The zero-order valence-corrected chi connectivity index (χ0v) is 18.2. The van der Waals surface area contributed by atoms with Crippen LogP contribution in [0.3, 0.4) is 0 Å². The molecular weight excluding hydrogens is 372 g/mol. The number of aromatic nitrogens is 2. The number of benzene rings is 1. The first-order valence-corrected chi connectivity index (χ1v) is 11.3. The molecule has 1 aromatic heterocycles. The molecule has 1 aliphatic heterocycles. The Morgan fingerprint density at radius 1 is 0.964 bits per heavy atom. The van der Waals surface area contributed by atoms with Crippen LogP contribution in [-0.4, -0.2) is 38.0 Å². The largest absolute Gasteiger partial charge is 0.355 e. The summed E-state index contributed by atoms with van der Waals surface area (Å²) in [5.41, 5.74) is 4.99. The quantitative estimate of drug-likeness (QED) is 0.831. The molecule has 28 heavy (non-hydrogen) atoms. The van der Waals surface area contributed by atoms with Crippen LogP contribution in [0.4, 0.5) is 5.82 Å². The zero-order chi connectivity index (χ0) is 20.5. The van der Waals surface area contributed by atoms with Gasteiger partial charge in [-0.05, 0) is 81.2 Å². The average Bonchev–Trinajstić information content (AvgIpc) is 2.70. The van der Waals surface area contributed by atoms with Crippen LogP contribution in [0, 0.1) is 40.5 Å². The summed E-state index contributed by atoms with van der Waals surface area (Å²) < 4.78 is 29.0. The molecule has 152 valence electrons. The Morgan fingerprint density at radius 3 is 2.07 bits per heavy atom. The van der Waals surface area contributed by atoms with Crippen molar-refractivity contribution in [2.45, 2.75) is 52.4 Å². The highest BCUT2D eigenvalue weighted by Gasteiger charge is 2.26. The topological polar surface area (TPSA) is 75.2 Å². The first kappa shape index (κ1) is 20.7. The van der Waals surface area contributed by atoms with Gasteiger partial charge in [0.25, 0.3) is 0 Å². The van der Waals surface area contributed by atoms with Crippen molar-refractivity contribution >= 4 is 15.8 Å². The van der Waals surface area contributed by atoms with E-state index in [4.69, 9.17) is 0 Å². The van der Waals surface area contributed by atoms with Crippen molar-refractivity contribution in [3.63, 3.8) is 0 Å². The van der Waals surface area contributed by atoms with Gasteiger partial charge < -0.3 is 4.90 Å². The third kappa shape index (κ3) is 4.05. The van der Waals surface area contributed by atoms with Crippen LogP contribution >= 0.6 is 0 Å².